The Bertz CT molecular complexity index is 2930. The monoisotopic (exact) mass is 1090 g/mol. The van der Waals surface area contributed by atoms with Crippen LogP contribution in [0.1, 0.15) is 110 Å². The Morgan fingerprint density at radius 3 is 2.21 bits per heavy atom. The van der Waals surface area contributed by atoms with Crippen molar-refractivity contribution in [1.29, 1.82) is 0 Å². The van der Waals surface area contributed by atoms with Gasteiger partial charge in [-0.3, -0.25) is 43.8 Å². The van der Waals surface area contributed by atoms with E-state index in [1.165, 1.54) is 16.7 Å². The van der Waals surface area contributed by atoms with Crippen LogP contribution in [0.5, 0.6) is 0 Å². The number of hydrogen-bond acceptors (Lipinski definition) is 12. The molecule has 0 bridgehead atoms. The number of Topliss-reactive ketones (excluding diaryl/α,β-unsaturated/α-hetero) is 1. The van der Waals surface area contributed by atoms with Crippen molar-refractivity contribution in [2.45, 2.75) is 71.3 Å². The van der Waals surface area contributed by atoms with Crippen LogP contribution in [0, 0.1) is 19.9 Å². The van der Waals surface area contributed by atoms with Crippen LogP contribution in [-0.2, 0) is 75.4 Å². The van der Waals surface area contributed by atoms with Gasteiger partial charge in [-0.05, 0) is 77.8 Å². The van der Waals surface area contributed by atoms with Gasteiger partial charge in [-0.15, -0.1) is 24.3 Å². The molecule has 1 unspecified atom stereocenters. The molecule has 0 saturated carbocycles. The molecule has 2 N–H and O–H groups in total. The first-order chi connectivity index (χ1) is 35.4. The zero-order chi connectivity index (χ0) is 53.1. The van der Waals surface area contributed by atoms with Gasteiger partial charge in [0.05, 0.1) is 12.3 Å². The number of aromatic nitrogens is 2. The van der Waals surface area contributed by atoms with Gasteiger partial charge >= 0.3 is 0 Å². The molecule has 0 aliphatic carbocycles. The molecule has 8 rings (SSSR count). The van der Waals surface area contributed by atoms with Crippen LogP contribution >= 0.6 is 0 Å². The summed E-state index contributed by atoms with van der Waals surface area (Å²) in [5.74, 6) is -2.19. The molecular formula is C57H63N7O10Y-2. The van der Waals surface area contributed by atoms with Crippen LogP contribution < -0.4 is 16.2 Å². The van der Waals surface area contributed by atoms with Crippen molar-refractivity contribution in [2.75, 3.05) is 64.5 Å². The van der Waals surface area contributed by atoms with Gasteiger partial charge in [0, 0.05) is 127 Å². The molecular weight excluding hydrogens is 1030 g/mol. The van der Waals surface area contributed by atoms with Gasteiger partial charge < -0.3 is 40.9 Å². The average molecular weight is 1100 g/mol. The molecule has 1 atom stereocenters. The van der Waals surface area contributed by atoms with Gasteiger partial charge in [0.2, 0.25) is 17.7 Å². The number of nitrogens with zero attached hydrogens (tertiary/aromatic N) is 5. The largest absolute Gasteiger partial charge is 0.406 e. The summed E-state index contributed by atoms with van der Waals surface area (Å²) in [5, 5.41) is 5.19. The van der Waals surface area contributed by atoms with Crippen molar-refractivity contribution >= 4 is 46.9 Å². The predicted octanol–water partition coefficient (Wildman–Crippen LogP) is 5.76. The second-order valence-electron chi connectivity index (χ2n) is 19.5. The molecule has 18 heteroatoms. The molecule has 3 aliphatic rings. The third-order valence-corrected chi connectivity index (χ3v) is 13.2. The molecule has 6 amide bonds. The molecule has 2 saturated heterocycles. The number of amides is 6. The molecule has 17 nitrogen and oxygen atoms in total. The van der Waals surface area contributed by atoms with Crippen molar-refractivity contribution in [1.82, 2.24) is 29.6 Å². The fraction of sp³-hybridized carbons (Fsp3) is 0.368. The maximum Gasteiger partial charge on any atom is 0.272 e. The van der Waals surface area contributed by atoms with Crippen LogP contribution in [0.2, 0.25) is 0 Å². The van der Waals surface area contributed by atoms with E-state index in [0.29, 0.717) is 80.4 Å². The summed E-state index contributed by atoms with van der Waals surface area (Å²) in [4.78, 5) is 108. The summed E-state index contributed by atoms with van der Waals surface area (Å²) in [7, 11) is 1.71. The van der Waals surface area contributed by atoms with E-state index in [9.17, 15) is 38.4 Å². The molecule has 4 aromatic carbocycles. The number of carbonyl (C=O) groups is 7. The number of hydrogen-bond donors (Lipinski definition) is 2. The first-order valence-corrected chi connectivity index (χ1v) is 24.8. The second-order valence-corrected chi connectivity index (χ2v) is 19.5. The van der Waals surface area contributed by atoms with Crippen molar-refractivity contribution in [3.63, 3.8) is 0 Å². The molecule has 75 heavy (non-hydrogen) atoms. The minimum atomic E-state index is -0.918. The number of rotatable bonds is 17. The number of imide groups is 2. The van der Waals surface area contributed by atoms with Gasteiger partial charge in [-0.2, -0.15) is 0 Å². The predicted molar refractivity (Wildman–Crippen MR) is 278 cm³/mol. The number of piperidine rings is 1. The number of anilines is 1. The molecule has 2 fully saturated rings. The molecule has 0 spiro atoms. The van der Waals surface area contributed by atoms with Gasteiger partial charge in [0.1, 0.15) is 18.3 Å². The quantitative estimate of drug-likeness (QED) is 0.0649. The van der Waals surface area contributed by atoms with Gasteiger partial charge in [0.15, 0.2) is 11.7 Å². The third-order valence-electron chi connectivity index (χ3n) is 13.2. The zero-order valence-corrected chi connectivity index (χ0v) is 46.1. The van der Waals surface area contributed by atoms with Crippen LogP contribution in [0.25, 0.3) is 11.3 Å². The van der Waals surface area contributed by atoms with Crippen LogP contribution in [0.4, 0.5) is 5.69 Å². The Hall–Kier alpha value is -6.37. The summed E-state index contributed by atoms with van der Waals surface area (Å²) in [5.41, 5.74) is 6.76. The topological polar surface area (TPSA) is 207 Å². The number of carbonyl (C=O) groups excluding carboxylic acids is 7. The summed E-state index contributed by atoms with van der Waals surface area (Å²) >= 11 is 0. The normalized spacial score (nSPS) is 15.6. The first kappa shape index (κ1) is 57.9. The SMILES string of the molecule is O=C1CCC(N2C(=O)c3[c-]cccc3C2=O)C(=O)N1.[CH2-]COCC(=O)CCCOCCN1CCN(C(=O)c2ccc(Cc3nc(-c4cccc(NC(=O)c5ccc(C(C)(C)C)cc5)c4C)cn(C)c3=O)cc2)CC1.[Y]. The number of ether oxygens (including phenoxy) is 2. The number of benzene rings is 4. The summed E-state index contributed by atoms with van der Waals surface area (Å²) in [6, 6.07) is 27.2. The van der Waals surface area contributed by atoms with E-state index in [1.54, 1.807) is 19.3 Å². The minimum Gasteiger partial charge on any atom is -0.406 e. The Labute approximate surface area is 462 Å². The van der Waals surface area contributed by atoms with Crippen LogP contribution in [-0.4, -0.2) is 131 Å². The van der Waals surface area contributed by atoms with E-state index in [-0.39, 0.29) is 97.8 Å². The number of piperazine rings is 1. The Morgan fingerprint density at radius 2 is 1.55 bits per heavy atom. The number of ketones is 1. The van der Waals surface area contributed by atoms with E-state index in [1.807, 2.05) is 78.6 Å². The van der Waals surface area contributed by atoms with Crippen molar-refractivity contribution in [3.8, 4) is 11.3 Å². The van der Waals surface area contributed by atoms with E-state index in [4.69, 9.17) is 14.5 Å². The maximum atomic E-state index is 13.3. The molecule has 1 radical (unpaired) electrons. The van der Waals surface area contributed by atoms with Crippen molar-refractivity contribution in [3.05, 3.63) is 159 Å². The number of nitrogens with one attached hydrogen (secondary N) is 2. The Kier molecular flexibility index (Phi) is 20.4. The van der Waals surface area contributed by atoms with Crippen LogP contribution in [0.3, 0.4) is 0 Å². The first-order valence-electron chi connectivity index (χ1n) is 24.8. The van der Waals surface area contributed by atoms with Crippen LogP contribution in [0.15, 0.2) is 95.9 Å². The van der Waals surface area contributed by atoms with Crippen molar-refractivity contribution < 1.29 is 75.7 Å². The smallest absolute Gasteiger partial charge is 0.272 e. The summed E-state index contributed by atoms with van der Waals surface area (Å²) < 4.78 is 12.3. The fourth-order valence-corrected chi connectivity index (χ4v) is 8.86. The zero-order valence-electron chi connectivity index (χ0n) is 43.2. The third kappa shape index (κ3) is 14.7. The molecule has 3 aliphatic heterocycles. The fourth-order valence-electron chi connectivity index (χ4n) is 8.86. The summed E-state index contributed by atoms with van der Waals surface area (Å²) in [6.45, 7) is 17.0. The molecule has 4 heterocycles. The number of aryl methyl sites for hydroxylation is 1. The Morgan fingerprint density at radius 1 is 0.853 bits per heavy atom. The minimum absolute atomic E-state index is 0. The van der Waals surface area contributed by atoms with E-state index >= 15 is 0 Å². The molecule has 5 aromatic rings. The van der Waals surface area contributed by atoms with Gasteiger partial charge in [-0.1, -0.05) is 69.3 Å². The van der Waals surface area contributed by atoms with E-state index in [2.05, 4.69) is 49.3 Å². The molecule has 391 valence electrons. The average Bonchev–Trinajstić information content (AvgIpc) is 3.64. The second kappa shape index (κ2) is 26.4. The summed E-state index contributed by atoms with van der Waals surface area (Å²) in [6.07, 6.45) is 3.41. The standard InChI is InChI=1S/C44H54N5O6.C13H9N2O4.Y/c1-7-54-30-36(50)10-9-26-55-27-25-48-21-23-49(24-22-48)42(52)34-15-13-32(14-16-34)28-39-43(53)47(6)29-40(45-39)37-11-8-12-38(31(37)2)46-41(51)33-17-19-35(20-18-33)44(3,4)5;16-10-6-5-9(11(17)14-10)15-12(18)7-3-1-2-4-8(7)13(15)19;/h8,11-20,29H,1,7,9-10,21-28,30H2,2-6H3,(H,46,51);1-3,9H,5-6H2,(H,14,16,17);/q2*-1;. The molecule has 1 aromatic heterocycles. The van der Waals surface area contributed by atoms with E-state index < -0.39 is 23.8 Å². The van der Waals surface area contributed by atoms with Gasteiger partial charge in [-0.25, -0.2) is 4.98 Å². The van der Waals surface area contributed by atoms with Crippen molar-refractivity contribution in [2.24, 2.45) is 7.05 Å². The maximum absolute atomic E-state index is 13.3. The Balaban J connectivity index is 0.000000380. The van der Waals surface area contributed by atoms with Gasteiger partial charge in [0.25, 0.3) is 17.4 Å². The van der Waals surface area contributed by atoms with E-state index in [0.717, 1.165) is 46.8 Å². The number of fused-ring (bicyclic) bond motifs is 1.